The van der Waals surface area contributed by atoms with E-state index in [0.717, 1.165) is 51.5 Å². The highest BCUT2D eigenvalue weighted by Crippen LogP contribution is 2.25. The molecule has 1 saturated heterocycles. The van der Waals surface area contributed by atoms with Crippen LogP contribution >= 0.6 is 0 Å². The van der Waals surface area contributed by atoms with E-state index in [-0.39, 0.29) is 0 Å². The number of anilines is 4. The fourth-order valence-corrected chi connectivity index (χ4v) is 2.63. The number of nitrogen functional groups attached to an aromatic ring is 1. The van der Waals surface area contributed by atoms with Crippen molar-refractivity contribution in [1.29, 1.82) is 0 Å². The molecule has 2 aromatic rings. The van der Waals surface area contributed by atoms with Gasteiger partial charge in [-0.05, 0) is 25.1 Å². The van der Waals surface area contributed by atoms with Crippen LogP contribution in [-0.2, 0) is 4.74 Å². The molecular formula is C17H24N6O. The van der Waals surface area contributed by atoms with Gasteiger partial charge in [-0.3, -0.25) is 4.90 Å². The highest BCUT2D eigenvalue weighted by atomic mass is 16.5. The first kappa shape index (κ1) is 16.5. The van der Waals surface area contributed by atoms with E-state index in [0.29, 0.717) is 17.3 Å². The molecule has 24 heavy (non-hydrogen) atoms. The summed E-state index contributed by atoms with van der Waals surface area (Å²) in [5.41, 5.74) is 7.66. The Bertz CT molecular complexity index is 630. The third-order valence-electron chi connectivity index (χ3n) is 3.97. The first-order chi connectivity index (χ1) is 11.8. The maximum Gasteiger partial charge on any atom is 0.159 e. The molecular weight excluding hydrogens is 304 g/mol. The first-order valence-electron chi connectivity index (χ1n) is 8.29. The van der Waals surface area contributed by atoms with Gasteiger partial charge in [0.15, 0.2) is 11.6 Å². The van der Waals surface area contributed by atoms with Gasteiger partial charge in [-0.2, -0.15) is 0 Å². The minimum atomic E-state index is 0.535. The molecule has 0 saturated carbocycles. The summed E-state index contributed by atoms with van der Waals surface area (Å²) in [7, 11) is 0. The average molecular weight is 328 g/mol. The molecule has 3 rings (SSSR count). The molecule has 0 spiro atoms. The molecule has 0 bridgehead atoms. The molecule has 1 fully saturated rings. The molecule has 2 heterocycles. The standard InChI is InChI=1S/C17H24N6O/c18-15-16(19-7-4-8-23-9-11-24-12-10-23)20-13-21-17(15)22-14-5-2-1-3-6-14/h1-3,5-6,13H,4,7-12,18H2,(H2,19,20,21,22). The average Bonchev–Trinajstić information content (AvgIpc) is 2.63. The lowest BCUT2D eigenvalue weighted by atomic mass is 10.3. The van der Waals surface area contributed by atoms with Gasteiger partial charge < -0.3 is 21.1 Å². The Kier molecular flexibility index (Phi) is 5.81. The van der Waals surface area contributed by atoms with Gasteiger partial charge in [0.1, 0.15) is 12.0 Å². The summed E-state index contributed by atoms with van der Waals surface area (Å²) in [5, 5.41) is 6.52. The van der Waals surface area contributed by atoms with Crippen LogP contribution in [0.1, 0.15) is 6.42 Å². The summed E-state index contributed by atoms with van der Waals surface area (Å²) < 4.78 is 5.36. The zero-order valence-corrected chi connectivity index (χ0v) is 13.7. The second-order valence-corrected chi connectivity index (χ2v) is 5.71. The minimum Gasteiger partial charge on any atom is -0.393 e. The number of hydrogen-bond acceptors (Lipinski definition) is 7. The van der Waals surface area contributed by atoms with E-state index in [1.165, 1.54) is 6.33 Å². The Labute approximate surface area is 142 Å². The van der Waals surface area contributed by atoms with Crippen molar-refractivity contribution in [3.63, 3.8) is 0 Å². The van der Waals surface area contributed by atoms with E-state index in [1.807, 2.05) is 30.3 Å². The van der Waals surface area contributed by atoms with Crippen molar-refractivity contribution in [2.75, 3.05) is 55.8 Å². The van der Waals surface area contributed by atoms with Crippen molar-refractivity contribution in [2.24, 2.45) is 0 Å². The van der Waals surface area contributed by atoms with Crippen LogP contribution in [0, 0.1) is 0 Å². The predicted molar refractivity (Wildman–Crippen MR) is 96.5 cm³/mol. The Hall–Kier alpha value is -2.38. The van der Waals surface area contributed by atoms with Crippen LogP contribution in [0.5, 0.6) is 0 Å². The van der Waals surface area contributed by atoms with Crippen LogP contribution in [0.25, 0.3) is 0 Å². The molecule has 128 valence electrons. The molecule has 0 amide bonds. The molecule has 0 radical (unpaired) electrons. The lowest BCUT2D eigenvalue weighted by Gasteiger charge is -2.26. The molecule has 1 aromatic carbocycles. The number of rotatable bonds is 7. The number of hydrogen-bond donors (Lipinski definition) is 3. The molecule has 0 atom stereocenters. The number of aromatic nitrogens is 2. The van der Waals surface area contributed by atoms with Crippen LogP contribution in [0.3, 0.4) is 0 Å². The number of para-hydroxylation sites is 1. The Morgan fingerprint density at radius 3 is 2.62 bits per heavy atom. The second kappa shape index (κ2) is 8.47. The van der Waals surface area contributed by atoms with Gasteiger partial charge in [0.25, 0.3) is 0 Å². The zero-order chi connectivity index (χ0) is 16.6. The smallest absolute Gasteiger partial charge is 0.159 e. The van der Waals surface area contributed by atoms with Gasteiger partial charge in [-0.15, -0.1) is 0 Å². The number of morpholine rings is 1. The third kappa shape index (κ3) is 4.56. The van der Waals surface area contributed by atoms with Gasteiger partial charge in [-0.25, -0.2) is 9.97 Å². The molecule has 7 heteroatoms. The lowest BCUT2D eigenvalue weighted by molar-refractivity contribution is 0.0378. The van der Waals surface area contributed by atoms with Crippen molar-refractivity contribution < 1.29 is 4.74 Å². The van der Waals surface area contributed by atoms with E-state index in [1.54, 1.807) is 0 Å². The highest BCUT2D eigenvalue weighted by molar-refractivity contribution is 5.77. The van der Waals surface area contributed by atoms with Crippen molar-refractivity contribution in [2.45, 2.75) is 6.42 Å². The largest absolute Gasteiger partial charge is 0.393 e. The highest BCUT2D eigenvalue weighted by Gasteiger charge is 2.10. The predicted octanol–water partition coefficient (Wildman–Crippen LogP) is 1.94. The van der Waals surface area contributed by atoms with Crippen molar-refractivity contribution in [1.82, 2.24) is 14.9 Å². The lowest BCUT2D eigenvalue weighted by Crippen LogP contribution is -2.37. The van der Waals surface area contributed by atoms with Gasteiger partial charge in [0, 0.05) is 25.3 Å². The van der Waals surface area contributed by atoms with Gasteiger partial charge in [0.2, 0.25) is 0 Å². The Morgan fingerprint density at radius 1 is 1.08 bits per heavy atom. The number of nitrogens with two attached hydrogens (primary N) is 1. The van der Waals surface area contributed by atoms with Crippen molar-refractivity contribution >= 4 is 23.0 Å². The molecule has 1 aliphatic rings. The Balaban J connectivity index is 1.51. The van der Waals surface area contributed by atoms with Crippen LogP contribution < -0.4 is 16.4 Å². The molecule has 1 aromatic heterocycles. The summed E-state index contributed by atoms with van der Waals surface area (Å²) in [6, 6.07) is 9.83. The van der Waals surface area contributed by atoms with Crippen LogP contribution in [0.15, 0.2) is 36.7 Å². The summed E-state index contributed by atoms with van der Waals surface area (Å²) in [6.45, 7) is 5.57. The van der Waals surface area contributed by atoms with Crippen LogP contribution in [-0.4, -0.2) is 54.3 Å². The molecule has 0 unspecified atom stereocenters. The van der Waals surface area contributed by atoms with E-state index in [9.17, 15) is 0 Å². The SMILES string of the molecule is Nc1c(NCCCN2CCOCC2)ncnc1Nc1ccccc1. The first-order valence-corrected chi connectivity index (χ1v) is 8.29. The number of nitrogens with one attached hydrogen (secondary N) is 2. The molecule has 7 nitrogen and oxygen atoms in total. The zero-order valence-electron chi connectivity index (χ0n) is 13.7. The summed E-state index contributed by atoms with van der Waals surface area (Å²) in [5.74, 6) is 1.29. The maximum atomic E-state index is 6.18. The fourth-order valence-electron chi connectivity index (χ4n) is 2.63. The van der Waals surface area contributed by atoms with Gasteiger partial charge in [-0.1, -0.05) is 18.2 Å². The maximum absolute atomic E-state index is 6.18. The normalized spacial score (nSPS) is 15.2. The Morgan fingerprint density at radius 2 is 1.83 bits per heavy atom. The van der Waals surface area contributed by atoms with Gasteiger partial charge in [0.05, 0.1) is 13.2 Å². The van der Waals surface area contributed by atoms with Crippen LogP contribution in [0.4, 0.5) is 23.0 Å². The van der Waals surface area contributed by atoms with E-state index < -0.39 is 0 Å². The van der Waals surface area contributed by atoms with Crippen molar-refractivity contribution in [3.05, 3.63) is 36.7 Å². The second-order valence-electron chi connectivity index (χ2n) is 5.71. The minimum absolute atomic E-state index is 0.535. The number of nitrogens with zero attached hydrogens (tertiary/aromatic N) is 3. The van der Waals surface area contributed by atoms with Crippen molar-refractivity contribution in [3.8, 4) is 0 Å². The van der Waals surface area contributed by atoms with E-state index >= 15 is 0 Å². The van der Waals surface area contributed by atoms with E-state index in [4.69, 9.17) is 10.5 Å². The summed E-state index contributed by atoms with van der Waals surface area (Å²) in [6.07, 6.45) is 2.55. The topological polar surface area (TPSA) is 88.3 Å². The monoisotopic (exact) mass is 328 g/mol. The number of benzene rings is 1. The molecule has 4 N–H and O–H groups in total. The van der Waals surface area contributed by atoms with Gasteiger partial charge >= 0.3 is 0 Å². The molecule has 0 aliphatic carbocycles. The fraction of sp³-hybridized carbons (Fsp3) is 0.412. The van der Waals surface area contributed by atoms with E-state index in [2.05, 4.69) is 25.5 Å². The summed E-state index contributed by atoms with van der Waals surface area (Å²) >= 11 is 0. The van der Waals surface area contributed by atoms with Crippen LogP contribution in [0.2, 0.25) is 0 Å². The quantitative estimate of drug-likeness (QED) is 0.669. The summed E-state index contributed by atoms with van der Waals surface area (Å²) in [4.78, 5) is 10.9. The third-order valence-corrected chi connectivity index (χ3v) is 3.97. The molecule has 1 aliphatic heterocycles. The number of ether oxygens (including phenoxy) is 1.